The van der Waals surface area contributed by atoms with E-state index in [1.54, 1.807) is 6.07 Å². The lowest BCUT2D eigenvalue weighted by Gasteiger charge is -2.17. The zero-order chi connectivity index (χ0) is 11.3. The first-order chi connectivity index (χ1) is 6.80. The summed E-state index contributed by atoms with van der Waals surface area (Å²) in [5.74, 6) is 0.400. The Hall–Kier alpha value is -0.740. The molecular weight excluding hydrogens is 236 g/mol. The summed E-state index contributed by atoms with van der Waals surface area (Å²) in [7, 11) is 1.60. The average molecular weight is 247 g/mol. The van der Waals surface area contributed by atoms with Gasteiger partial charge in [-0.25, -0.2) is 8.42 Å². The molecule has 1 heterocycles. The molecule has 0 amide bonds. The van der Waals surface area contributed by atoms with Crippen molar-refractivity contribution < 1.29 is 13.2 Å². The van der Waals surface area contributed by atoms with Crippen molar-refractivity contribution in [3.8, 4) is 5.75 Å². The summed E-state index contributed by atoms with van der Waals surface area (Å²) in [6.07, 6.45) is 0.697. The lowest BCUT2D eigenvalue weighted by atomic mass is 10.0. The zero-order valence-corrected chi connectivity index (χ0v) is 10.0. The molecule has 2 rings (SSSR count). The van der Waals surface area contributed by atoms with Gasteiger partial charge in [0.15, 0.2) is 0 Å². The Balaban J connectivity index is 2.61. The number of rotatable bonds is 1. The molecule has 0 spiro atoms. The van der Waals surface area contributed by atoms with Gasteiger partial charge in [-0.05, 0) is 25.5 Å². The molecule has 0 N–H and O–H groups in total. The fourth-order valence-corrected chi connectivity index (χ4v) is 2.78. The van der Waals surface area contributed by atoms with Crippen LogP contribution in [0.4, 0.5) is 0 Å². The van der Waals surface area contributed by atoms with Crippen molar-refractivity contribution in [3.63, 3.8) is 0 Å². The van der Waals surface area contributed by atoms with Crippen molar-refractivity contribution in [1.82, 2.24) is 0 Å². The van der Waals surface area contributed by atoms with E-state index in [2.05, 4.69) is 0 Å². The molecule has 0 saturated carbocycles. The molecule has 1 aliphatic heterocycles. The minimum absolute atomic E-state index is 0.0623. The van der Waals surface area contributed by atoms with Gasteiger partial charge in [0.2, 0.25) is 0 Å². The van der Waals surface area contributed by atoms with Crippen LogP contribution >= 0.6 is 10.7 Å². The molecule has 1 aliphatic rings. The van der Waals surface area contributed by atoms with Crippen LogP contribution in [0, 0.1) is 0 Å². The monoisotopic (exact) mass is 246 g/mol. The van der Waals surface area contributed by atoms with Gasteiger partial charge in [0, 0.05) is 17.1 Å². The second-order valence-electron chi connectivity index (χ2n) is 4.22. The van der Waals surface area contributed by atoms with Crippen molar-refractivity contribution in [2.24, 2.45) is 0 Å². The second kappa shape index (κ2) is 3.12. The van der Waals surface area contributed by atoms with Gasteiger partial charge in [-0.3, -0.25) is 0 Å². The third-order valence-electron chi connectivity index (χ3n) is 2.32. The van der Waals surface area contributed by atoms with Gasteiger partial charge in [0.25, 0.3) is 9.05 Å². The molecule has 0 aromatic heterocycles. The van der Waals surface area contributed by atoms with Crippen LogP contribution in [0.25, 0.3) is 0 Å². The molecule has 0 bridgehead atoms. The molecule has 5 heteroatoms. The largest absolute Gasteiger partial charge is 0.486 e. The normalized spacial score (nSPS) is 18.3. The van der Waals surface area contributed by atoms with Crippen molar-refractivity contribution in [1.29, 1.82) is 0 Å². The molecule has 3 nitrogen and oxygen atoms in total. The maximum atomic E-state index is 11.3. The summed E-state index contributed by atoms with van der Waals surface area (Å²) in [5.41, 5.74) is 0.529. The molecule has 0 atom stereocenters. The molecule has 15 heavy (non-hydrogen) atoms. The lowest BCUT2D eigenvalue weighted by molar-refractivity contribution is 0.135. The number of para-hydroxylation sites is 1. The minimum atomic E-state index is -3.73. The first-order valence-corrected chi connectivity index (χ1v) is 6.86. The summed E-state index contributed by atoms with van der Waals surface area (Å²) >= 11 is 0. The maximum absolute atomic E-state index is 11.3. The van der Waals surface area contributed by atoms with Gasteiger partial charge >= 0.3 is 0 Å². The van der Waals surface area contributed by atoms with E-state index in [1.807, 2.05) is 19.9 Å². The van der Waals surface area contributed by atoms with Crippen LogP contribution in [0.3, 0.4) is 0 Å². The van der Waals surface area contributed by atoms with Crippen LogP contribution in [0.1, 0.15) is 19.4 Å². The average Bonchev–Trinajstić information content (AvgIpc) is 2.35. The van der Waals surface area contributed by atoms with E-state index in [9.17, 15) is 8.42 Å². The predicted molar refractivity (Wildman–Crippen MR) is 57.9 cm³/mol. The van der Waals surface area contributed by atoms with Crippen molar-refractivity contribution >= 4 is 19.7 Å². The van der Waals surface area contributed by atoms with Gasteiger partial charge in [-0.15, -0.1) is 0 Å². The number of fused-ring (bicyclic) bond motifs is 1. The Labute approximate surface area is 93.4 Å². The lowest BCUT2D eigenvalue weighted by Crippen LogP contribution is -2.24. The second-order valence-corrected chi connectivity index (χ2v) is 6.76. The fraction of sp³-hybridized carbons (Fsp3) is 0.400. The zero-order valence-electron chi connectivity index (χ0n) is 8.45. The Morgan fingerprint density at radius 2 is 2.07 bits per heavy atom. The van der Waals surface area contributed by atoms with E-state index in [0.29, 0.717) is 12.2 Å². The summed E-state index contributed by atoms with van der Waals surface area (Å²) < 4.78 is 28.2. The molecule has 1 aromatic carbocycles. The van der Waals surface area contributed by atoms with Crippen LogP contribution in [-0.4, -0.2) is 14.0 Å². The number of hydrogen-bond donors (Lipinski definition) is 0. The summed E-state index contributed by atoms with van der Waals surface area (Å²) in [6, 6.07) is 5.00. The van der Waals surface area contributed by atoms with E-state index in [1.165, 1.54) is 6.07 Å². The van der Waals surface area contributed by atoms with Gasteiger partial charge in [0.05, 0.1) is 0 Å². The first-order valence-electron chi connectivity index (χ1n) is 4.55. The van der Waals surface area contributed by atoms with E-state index in [-0.39, 0.29) is 10.5 Å². The Bertz CT molecular complexity index is 505. The number of benzene rings is 1. The van der Waals surface area contributed by atoms with Gasteiger partial charge in [-0.1, -0.05) is 12.1 Å². The summed E-state index contributed by atoms with van der Waals surface area (Å²) in [6.45, 7) is 3.83. The van der Waals surface area contributed by atoms with E-state index in [0.717, 1.165) is 5.56 Å². The molecule has 0 fully saturated rings. The van der Waals surface area contributed by atoms with Crippen LogP contribution in [0.15, 0.2) is 23.1 Å². The van der Waals surface area contributed by atoms with E-state index >= 15 is 0 Å². The molecular formula is C10H11ClO3S. The third kappa shape index (κ3) is 1.96. The standard InChI is InChI=1S/C10H11ClO3S/c1-10(2)6-7-4-3-5-8(9(7)14-10)15(11,12)13/h3-5H,6H2,1-2H3. The summed E-state index contributed by atoms with van der Waals surface area (Å²) in [4.78, 5) is 0.0623. The molecule has 1 aromatic rings. The Morgan fingerprint density at radius 1 is 1.40 bits per heavy atom. The highest BCUT2D eigenvalue weighted by Crippen LogP contribution is 2.40. The molecule has 0 unspecified atom stereocenters. The maximum Gasteiger partial charge on any atom is 0.264 e. The van der Waals surface area contributed by atoms with Crippen LogP contribution in [0.2, 0.25) is 0 Å². The highest BCUT2D eigenvalue weighted by atomic mass is 35.7. The molecule has 82 valence electrons. The molecule has 0 radical (unpaired) electrons. The number of hydrogen-bond acceptors (Lipinski definition) is 3. The van der Waals surface area contributed by atoms with E-state index in [4.69, 9.17) is 15.4 Å². The smallest absolute Gasteiger partial charge is 0.264 e. The summed E-state index contributed by atoms with van der Waals surface area (Å²) in [5, 5.41) is 0. The quantitative estimate of drug-likeness (QED) is 0.715. The Kier molecular flexibility index (Phi) is 2.24. The highest BCUT2D eigenvalue weighted by Gasteiger charge is 2.34. The Morgan fingerprint density at radius 3 is 2.67 bits per heavy atom. The predicted octanol–water partition coefficient (Wildman–Crippen LogP) is 2.33. The van der Waals surface area contributed by atoms with Crippen molar-refractivity contribution in [2.75, 3.05) is 0 Å². The molecule has 0 saturated heterocycles. The fourth-order valence-electron chi connectivity index (χ4n) is 1.78. The third-order valence-corrected chi connectivity index (χ3v) is 3.66. The van der Waals surface area contributed by atoms with Gasteiger partial charge in [-0.2, -0.15) is 0 Å². The SMILES string of the molecule is CC1(C)Cc2cccc(S(=O)(=O)Cl)c2O1. The van der Waals surface area contributed by atoms with E-state index < -0.39 is 9.05 Å². The highest BCUT2D eigenvalue weighted by molar-refractivity contribution is 8.13. The number of ether oxygens (including phenoxy) is 1. The van der Waals surface area contributed by atoms with Gasteiger partial charge < -0.3 is 4.74 Å². The van der Waals surface area contributed by atoms with Crippen LogP contribution in [0.5, 0.6) is 5.75 Å². The van der Waals surface area contributed by atoms with Gasteiger partial charge in [0.1, 0.15) is 16.2 Å². The number of halogens is 1. The van der Waals surface area contributed by atoms with Crippen molar-refractivity contribution in [3.05, 3.63) is 23.8 Å². The minimum Gasteiger partial charge on any atom is -0.486 e. The first kappa shape index (κ1) is 10.8. The topological polar surface area (TPSA) is 43.4 Å². The van der Waals surface area contributed by atoms with Crippen LogP contribution < -0.4 is 4.74 Å². The van der Waals surface area contributed by atoms with Crippen LogP contribution in [-0.2, 0) is 15.5 Å². The van der Waals surface area contributed by atoms with Crippen molar-refractivity contribution in [2.45, 2.75) is 30.8 Å². The molecule has 0 aliphatic carbocycles.